The maximum atomic E-state index is 15.3. The quantitative estimate of drug-likeness (QED) is 0.194. The first kappa shape index (κ1) is 36.5. The molecular formula is C37H45F2N7O4. The average Bonchev–Trinajstić information content (AvgIpc) is 3.48. The molecule has 2 heterocycles. The molecule has 2 N–H and O–H groups in total. The van der Waals surface area contributed by atoms with Crippen LogP contribution in [0.25, 0.3) is 11.3 Å². The number of amides is 1. The molecule has 0 unspecified atom stereocenters. The Hall–Kier alpha value is -4.75. The van der Waals surface area contributed by atoms with E-state index < -0.39 is 23.6 Å². The number of aromatic nitrogens is 4. The van der Waals surface area contributed by atoms with Crippen LogP contribution in [-0.4, -0.2) is 87.6 Å². The summed E-state index contributed by atoms with van der Waals surface area (Å²) >= 11 is 0. The Kier molecular flexibility index (Phi) is 11.6. The van der Waals surface area contributed by atoms with Crippen LogP contribution in [0.4, 0.5) is 14.6 Å². The van der Waals surface area contributed by atoms with Gasteiger partial charge in [0.05, 0.1) is 37.6 Å². The number of hydrogen-bond acceptors (Lipinski definition) is 10. The van der Waals surface area contributed by atoms with Crippen LogP contribution < -0.4 is 19.7 Å². The third kappa shape index (κ3) is 7.84. The Balaban J connectivity index is 1.28. The summed E-state index contributed by atoms with van der Waals surface area (Å²) in [5.74, 6) is -1.46. The van der Waals surface area contributed by atoms with Gasteiger partial charge in [0.2, 0.25) is 0 Å². The molecule has 13 heteroatoms. The standard InChI is InChI=1S/C37H45F2N7O4/c1-21(2)46(22(3)4)37(48)33-25(12-13-28(38)34(33)39)14-26-19-40-20-42-35(26)45(5)30-15-27(16-31(30)47)41-18-23-8-10-24(11-9-23)29-17-32(49-6)36(50-7)44-43-29/h8-13,17,19-22,27,30-31,41,47H,14-16,18H2,1-7H3/t27-,30+,31-/m1/s1. The monoisotopic (exact) mass is 689 g/mol. The van der Waals surface area contributed by atoms with Gasteiger partial charge in [0.25, 0.3) is 11.8 Å². The second-order valence-electron chi connectivity index (χ2n) is 13.1. The number of benzene rings is 2. The number of nitrogens with one attached hydrogen (secondary N) is 1. The first-order chi connectivity index (χ1) is 23.9. The summed E-state index contributed by atoms with van der Waals surface area (Å²) < 4.78 is 40.4. The summed E-state index contributed by atoms with van der Waals surface area (Å²) in [4.78, 5) is 25.8. The summed E-state index contributed by atoms with van der Waals surface area (Å²) in [6.45, 7) is 7.97. The van der Waals surface area contributed by atoms with E-state index in [1.807, 2.05) is 63.9 Å². The van der Waals surface area contributed by atoms with Crippen molar-refractivity contribution in [3.05, 3.63) is 88.9 Å². The van der Waals surface area contributed by atoms with E-state index in [0.29, 0.717) is 53.7 Å². The minimum absolute atomic E-state index is 0.0348. The summed E-state index contributed by atoms with van der Waals surface area (Å²) in [5.41, 5.74) is 3.28. The number of nitrogens with zero attached hydrogens (tertiary/aromatic N) is 6. The highest BCUT2D eigenvalue weighted by Gasteiger charge is 2.37. The molecule has 1 amide bonds. The SMILES string of the molecule is COc1cc(-c2ccc(CN[C@H]3C[C@@H](O)[C@@H](N(C)c4ncncc4Cc4ccc(F)c(F)c4C(=O)N(C(C)C)C(C)C)C3)cc2)nnc1OC. The molecule has 5 rings (SSSR count). The van der Waals surface area contributed by atoms with Gasteiger partial charge in [-0.15, -0.1) is 10.2 Å². The molecule has 0 aliphatic heterocycles. The highest BCUT2D eigenvalue weighted by Crippen LogP contribution is 2.32. The molecule has 2 aromatic heterocycles. The summed E-state index contributed by atoms with van der Waals surface area (Å²) in [5, 5.41) is 23.0. The van der Waals surface area contributed by atoms with Crippen molar-refractivity contribution in [2.45, 2.75) is 83.8 Å². The number of likely N-dealkylation sites (N-methyl/N-ethyl adjacent to an activating group) is 1. The molecule has 0 spiro atoms. The Labute approximate surface area is 291 Å². The Morgan fingerprint density at radius 3 is 2.38 bits per heavy atom. The van der Waals surface area contributed by atoms with E-state index in [2.05, 4.69) is 25.5 Å². The van der Waals surface area contributed by atoms with Crippen LogP contribution in [0.1, 0.15) is 67.6 Å². The van der Waals surface area contributed by atoms with Crippen molar-refractivity contribution in [3.63, 3.8) is 0 Å². The van der Waals surface area contributed by atoms with Crippen molar-refractivity contribution in [1.29, 1.82) is 0 Å². The second kappa shape index (κ2) is 15.9. The van der Waals surface area contributed by atoms with Gasteiger partial charge in [0.1, 0.15) is 12.1 Å². The van der Waals surface area contributed by atoms with Gasteiger partial charge in [-0.05, 0) is 57.7 Å². The van der Waals surface area contributed by atoms with Gasteiger partial charge in [-0.2, -0.15) is 0 Å². The normalized spacial score (nSPS) is 17.3. The van der Waals surface area contributed by atoms with Crippen LogP contribution in [0.2, 0.25) is 0 Å². The van der Waals surface area contributed by atoms with Crippen LogP contribution in [0.5, 0.6) is 11.6 Å². The number of rotatable bonds is 13. The van der Waals surface area contributed by atoms with Crippen LogP contribution in [0.15, 0.2) is 55.0 Å². The smallest absolute Gasteiger partial charge is 0.276 e. The molecule has 50 heavy (non-hydrogen) atoms. The molecule has 1 aliphatic rings. The van der Waals surface area contributed by atoms with Crippen LogP contribution >= 0.6 is 0 Å². The predicted molar refractivity (Wildman–Crippen MR) is 186 cm³/mol. The van der Waals surface area contributed by atoms with E-state index in [4.69, 9.17) is 9.47 Å². The van der Waals surface area contributed by atoms with Crippen molar-refractivity contribution in [3.8, 4) is 22.9 Å². The fraction of sp³-hybridized carbons (Fsp3) is 0.432. The number of aliphatic hydroxyl groups is 1. The maximum Gasteiger partial charge on any atom is 0.276 e. The molecule has 266 valence electrons. The zero-order chi connectivity index (χ0) is 36.1. The number of carbonyl (C=O) groups is 1. The van der Waals surface area contributed by atoms with Gasteiger partial charge >= 0.3 is 0 Å². The van der Waals surface area contributed by atoms with Gasteiger partial charge in [-0.25, -0.2) is 18.7 Å². The first-order valence-electron chi connectivity index (χ1n) is 16.7. The van der Waals surface area contributed by atoms with E-state index >= 15 is 4.39 Å². The van der Waals surface area contributed by atoms with Crippen molar-refractivity contribution in [2.24, 2.45) is 0 Å². The Bertz CT molecular complexity index is 1780. The summed E-state index contributed by atoms with van der Waals surface area (Å²) in [6, 6.07) is 11.6. The molecule has 11 nitrogen and oxygen atoms in total. The van der Waals surface area contributed by atoms with Crippen LogP contribution in [-0.2, 0) is 13.0 Å². The van der Waals surface area contributed by atoms with Crippen molar-refractivity contribution >= 4 is 11.7 Å². The number of halogens is 2. The second-order valence-corrected chi connectivity index (χ2v) is 13.1. The number of methoxy groups -OCH3 is 2. The summed E-state index contributed by atoms with van der Waals surface area (Å²) in [6.07, 6.45) is 3.67. The highest BCUT2D eigenvalue weighted by molar-refractivity contribution is 5.96. The Morgan fingerprint density at radius 2 is 1.72 bits per heavy atom. The minimum Gasteiger partial charge on any atom is -0.491 e. The van der Waals surface area contributed by atoms with E-state index in [1.165, 1.54) is 19.5 Å². The Morgan fingerprint density at radius 1 is 1.00 bits per heavy atom. The lowest BCUT2D eigenvalue weighted by Gasteiger charge is -2.32. The third-order valence-electron chi connectivity index (χ3n) is 9.20. The van der Waals surface area contributed by atoms with E-state index in [9.17, 15) is 14.3 Å². The minimum atomic E-state index is -1.17. The lowest BCUT2D eigenvalue weighted by atomic mass is 9.97. The topological polar surface area (TPSA) is 126 Å². The largest absolute Gasteiger partial charge is 0.491 e. The number of anilines is 1. The molecule has 1 fully saturated rings. The van der Waals surface area contributed by atoms with Gasteiger partial charge in [-0.1, -0.05) is 30.3 Å². The molecule has 2 aromatic carbocycles. The lowest BCUT2D eigenvalue weighted by Crippen LogP contribution is -2.43. The molecule has 0 bridgehead atoms. The highest BCUT2D eigenvalue weighted by atomic mass is 19.2. The van der Waals surface area contributed by atoms with Gasteiger partial charge in [-0.3, -0.25) is 4.79 Å². The van der Waals surface area contributed by atoms with Crippen molar-refractivity contribution in [2.75, 3.05) is 26.2 Å². The fourth-order valence-corrected chi connectivity index (χ4v) is 6.74. The van der Waals surface area contributed by atoms with Gasteiger partial charge in [0, 0.05) is 61.5 Å². The molecule has 4 aromatic rings. The zero-order valence-electron chi connectivity index (χ0n) is 29.5. The molecular weight excluding hydrogens is 644 g/mol. The molecule has 1 aliphatic carbocycles. The third-order valence-corrected chi connectivity index (χ3v) is 9.20. The molecule has 3 atom stereocenters. The van der Waals surface area contributed by atoms with Crippen LogP contribution in [0, 0.1) is 11.6 Å². The van der Waals surface area contributed by atoms with E-state index in [1.54, 1.807) is 24.3 Å². The number of hydrogen-bond donors (Lipinski definition) is 2. The number of ether oxygens (including phenoxy) is 2. The number of aliphatic hydroxyl groups excluding tert-OH is 1. The maximum absolute atomic E-state index is 15.3. The molecule has 1 saturated carbocycles. The van der Waals surface area contributed by atoms with Crippen molar-refractivity contribution < 1.29 is 28.2 Å². The van der Waals surface area contributed by atoms with E-state index in [-0.39, 0.29) is 36.2 Å². The summed E-state index contributed by atoms with van der Waals surface area (Å²) in [7, 11) is 4.92. The van der Waals surface area contributed by atoms with Gasteiger partial charge < -0.3 is 29.7 Å². The first-order valence-corrected chi connectivity index (χ1v) is 16.7. The van der Waals surface area contributed by atoms with E-state index in [0.717, 1.165) is 17.2 Å². The predicted octanol–water partition coefficient (Wildman–Crippen LogP) is 5.20. The van der Waals surface area contributed by atoms with Gasteiger partial charge in [0.15, 0.2) is 17.4 Å². The molecule has 0 saturated heterocycles. The number of carbonyl (C=O) groups excluding carboxylic acids is 1. The van der Waals surface area contributed by atoms with Crippen LogP contribution in [0.3, 0.4) is 0 Å². The average molecular weight is 690 g/mol. The fourth-order valence-electron chi connectivity index (χ4n) is 6.74. The zero-order valence-corrected chi connectivity index (χ0v) is 29.5. The molecule has 0 radical (unpaired) electrons. The van der Waals surface area contributed by atoms with Crippen molar-refractivity contribution in [1.82, 2.24) is 30.4 Å². The lowest BCUT2D eigenvalue weighted by molar-refractivity contribution is 0.0636.